The number of methoxy groups -OCH3 is 1. The van der Waals surface area contributed by atoms with E-state index >= 15 is 0 Å². The van der Waals surface area contributed by atoms with Crippen molar-refractivity contribution in [2.24, 2.45) is 10.9 Å². The summed E-state index contributed by atoms with van der Waals surface area (Å²) >= 11 is 11.8. The van der Waals surface area contributed by atoms with Gasteiger partial charge in [0.2, 0.25) is 0 Å². The molecule has 150 valence electrons. The van der Waals surface area contributed by atoms with Crippen LogP contribution < -0.4 is 15.2 Å². The lowest BCUT2D eigenvalue weighted by Crippen LogP contribution is -2.18. The number of nitrogens with two attached hydrogens (primary N) is 1. The van der Waals surface area contributed by atoms with E-state index in [-0.39, 0.29) is 18.3 Å². The molecule has 0 bridgehead atoms. The lowest BCUT2D eigenvalue weighted by molar-refractivity contribution is 0.0491. The summed E-state index contributed by atoms with van der Waals surface area (Å²) in [6, 6.07) is 13.1. The second-order valence-corrected chi connectivity index (χ2v) is 6.52. The van der Waals surface area contributed by atoms with E-state index in [9.17, 15) is 4.79 Å². The summed E-state index contributed by atoms with van der Waals surface area (Å²) < 4.78 is 12.1. The van der Waals surface area contributed by atoms with Crippen LogP contribution in [0, 0.1) is 0 Å². The normalized spacial score (nSPS) is 11.2. The van der Waals surface area contributed by atoms with Gasteiger partial charge in [-0.25, -0.2) is 9.48 Å². The maximum Gasteiger partial charge on any atom is 0.383 e. The number of ether oxygens (including phenoxy) is 2. The molecule has 0 atom stereocenters. The highest BCUT2D eigenvalue weighted by Gasteiger charge is 2.16. The molecule has 3 rings (SSSR count). The topological polar surface area (TPSA) is 101 Å². The molecule has 0 saturated heterocycles. The molecule has 10 heteroatoms. The van der Waals surface area contributed by atoms with Crippen molar-refractivity contribution in [2.45, 2.75) is 6.73 Å². The van der Waals surface area contributed by atoms with Gasteiger partial charge in [0.15, 0.2) is 18.3 Å². The Hall–Kier alpha value is -3.23. The Bertz CT molecular complexity index is 1030. The van der Waals surface area contributed by atoms with Gasteiger partial charge in [-0.3, -0.25) is 0 Å². The monoisotopic (exact) mass is 434 g/mol. The fraction of sp³-hybridized carbons (Fsp3) is 0.105. The fourth-order valence-corrected chi connectivity index (χ4v) is 2.64. The molecule has 8 nitrogen and oxygen atoms in total. The molecule has 0 aliphatic carbocycles. The molecular formula is C19H16Cl2N4O4. The van der Waals surface area contributed by atoms with Crippen molar-refractivity contribution in [1.29, 1.82) is 0 Å². The van der Waals surface area contributed by atoms with Crippen LogP contribution in [0.5, 0.6) is 11.5 Å². The molecule has 29 heavy (non-hydrogen) atoms. The molecule has 0 amide bonds. The van der Waals surface area contributed by atoms with Gasteiger partial charge in [-0.1, -0.05) is 28.4 Å². The van der Waals surface area contributed by atoms with Gasteiger partial charge in [-0.2, -0.15) is 5.10 Å². The molecule has 0 aliphatic rings. The Morgan fingerprint density at radius 1 is 1.14 bits per heavy atom. The summed E-state index contributed by atoms with van der Waals surface area (Å²) in [5, 5.41) is 8.74. The van der Waals surface area contributed by atoms with Crippen LogP contribution in [0.1, 0.15) is 16.1 Å². The summed E-state index contributed by atoms with van der Waals surface area (Å²) in [4.78, 5) is 17.3. The van der Waals surface area contributed by atoms with Gasteiger partial charge in [0.1, 0.15) is 11.5 Å². The Kier molecular flexibility index (Phi) is 6.58. The molecule has 1 aromatic heterocycles. The van der Waals surface area contributed by atoms with Crippen LogP contribution in [-0.4, -0.2) is 28.7 Å². The van der Waals surface area contributed by atoms with E-state index < -0.39 is 5.97 Å². The number of oxime groups is 1. The number of halogens is 2. The van der Waals surface area contributed by atoms with E-state index in [1.54, 1.807) is 42.5 Å². The number of hydrogen-bond acceptors (Lipinski definition) is 6. The van der Waals surface area contributed by atoms with Gasteiger partial charge >= 0.3 is 5.97 Å². The van der Waals surface area contributed by atoms with Gasteiger partial charge in [-0.15, -0.1) is 0 Å². The molecular weight excluding hydrogens is 419 g/mol. The standard InChI is InChI=1S/C19H16Cl2N4O4/c1-27-17-7-4-13(21)10-15(17)18(22)24-29-19(26)16-8-9-23-25(16)11-28-14-5-2-12(20)3-6-14/h2-10H,11H2,1H3,(H2,22,24). The number of carbonyl (C=O) groups excluding carboxylic acids is 1. The molecule has 3 aromatic rings. The maximum atomic E-state index is 12.4. The van der Waals surface area contributed by atoms with E-state index in [1.807, 2.05) is 0 Å². The second kappa shape index (κ2) is 9.31. The Morgan fingerprint density at radius 3 is 2.59 bits per heavy atom. The number of nitrogens with zero attached hydrogens (tertiary/aromatic N) is 3. The Morgan fingerprint density at radius 2 is 1.86 bits per heavy atom. The number of amidine groups is 1. The molecule has 0 saturated carbocycles. The average molecular weight is 435 g/mol. The average Bonchev–Trinajstić information content (AvgIpc) is 3.20. The molecule has 0 radical (unpaired) electrons. The number of rotatable bonds is 7. The molecule has 0 fully saturated rings. The van der Waals surface area contributed by atoms with E-state index in [4.69, 9.17) is 43.2 Å². The first-order chi connectivity index (χ1) is 14.0. The zero-order valence-electron chi connectivity index (χ0n) is 15.2. The van der Waals surface area contributed by atoms with Crippen LogP contribution >= 0.6 is 23.2 Å². The maximum absolute atomic E-state index is 12.4. The molecule has 1 heterocycles. The van der Waals surface area contributed by atoms with Gasteiger partial charge in [0.05, 0.1) is 12.7 Å². The second-order valence-electron chi connectivity index (χ2n) is 5.64. The summed E-state index contributed by atoms with van der Waals surface area (Å²) in [5.74, 6) is 0.181. The van der Waals surface area contributed by atoms with Crippen LogP contribution in [0.2, 0.25) is 10.0 Å². The highest BCUT2D eigenvalue weighted by molar-refractivity contribution is 6.31. The molecule has 2 aromatic carbocycles. The third-order valence-corrected chi connectivity index (χ3v) is 4.24. The van der Waals surface area contributed by atoms with Crippen molar-refractivity contribution in [3.05, 3.63) is 76.0 Å². The number of carbonyl (C=O) groups is 1. The third kappa shape index (κ3) is 5.18. The molecule has 0 unspecified atom stereocenters. The predicted molar refractivity (Wildman–Crippen MR) is 108 cm³/mol. The van der Waals surface area contributed by atoms with Crippen molar-refractivity contribution in [2.75, 3.05) is 7.11 Å². The minimum absolute atomic E-state index is 0.0135. The van der Waals surface area contributed by atoms with Crippen LogP contribution in [0.4, 0.5) is 0 Å². The van der Waals surface area contributed by atoms with Crippen LogP contribution in [0.25, 0.3) is 0 Å². The summed E-state index contributed by atoms with van der Waals surface area (Å²) in [7, 11) is 1.48. The van der Waals surface area contributed by atoms with Gasteiger partial charge in [-0.05, 0) is 48.5 Å². The van der Waals surface area contributed by atoms with E-state index in [0.29, 0.717) is 27.1 Å². The van der Waals surface area contributed by atoms with Crippen molar-refractivity contribution < 1.29 is 19.1 Å². The van der Waals surface area contributed by atoms with Crippen LogP contribution in [0.3, 0.4) is 0 Å². The first kappa shape index (κ1) is 20.5. The Labute approximate surface area is 176 Å². The summed E-state index contributed by atoms with van der Waals surface area (Å²) in [5.41, 5.74) is 6.43. The Balaban J connectivity index is 1.68. The van der Waals surface area contributed by atoms with Crippen molar-refractivity contribution >= 4 is 35.0 Å². The van der Waals surface area contributed by atoms with Gasteiger partial charge < -0.3 is 20.0 Å². The smallest absolute Gasteiger partial charge is 0.383 e. The predicted octanol–water partition coefficient (Wildman–Crippen LogP) is 3.71. The molecule has 2 N–H and O–H groups in total. The SMILES string of the molecule is COc1ccc(Cl)cc1/C(N)=N/OC(=O)c1ccnn1COc1ccc(Cl)cc1. The first-order valence-corrected chi connectivity index (χ1v) is 9.02. The molecule has 0 spiro atoms. The lowest BCUT2D eigenvalue weighted by Gasteiger charge is -2.09. The highest BCUT2D eigenvalue weighted by Crippen LogP contribution is 2.22. The van der Waals surface area contributed by atoms with Gasteiger partial charge in [0.25, 0.3) is 0 Å². The largest absolute Gasteiger partial charge is 0.496 e. The minimum atomic E-state index is -0.758. The quantitative estimate of drug-likeness (QED) is 0.263. The lowest BCUT2D eigenvalue weighted by atomic mass is 10.2. The first-order valence-electron chi connectivity index (χ1n) is 8.27. The number of benzene rings is 2. The van der Waals surface area contributed by atoms with Crippen molar-refractivity contribution in [3.8, 4) is 11.5 Å². The fourth-order valence-electron chi connectivity index (χ4n) is 2.34. The van der Waals surface area contributed by atoms with Crippen LogP contribution in [-0.2, 0) is 11.6 Å². The van der Waals surface area contributed by atoms with Gasteiger partial charge in [0, 0.05) is 16.2 Å². The van der Waals surface area contributed by atoms with Crippen LogP contribution in [0.15, 0.2) is 59.9 Å². The third-order valence-electron chi connectivity index (χ3n) is 3.76. The number of aromatic nitrogens is 2. The van der Waals surface area contributed by atoms with Crippen molar-refractivity contribution in [3.63, 3.8) is 0 Å². The summed E-state index contributed by atoms with van der Waals surface area (Å²) in [6.07, 6.45) is 1.44. The van der Waals surface area contributed by atoms with E-state index in [0.717, 1.165) is 0 Å². The molecule has 0 aliphatic heterocycles. The zero-order valence-corrected chi connectivity index (χ0v) is 16.7. The highest BCUT2D eigenvalue weighted by atomic mass is 35.5. The summed E-state index contributed by atoms with van der Waals surface area (Å²) in [6.45, 7) is -0.0135. The van der Waals surface area contributed by atoms with E-state index in [1.165, 1.54) is 24.1 Å². The van der Waals surface area contributed by atoms with Crippen molar-refractivity contribution in [1.82, 2.24) is 9.78 Å². The minimum Gasteiger partial charge on any atom is -0.496 e. The zero-order chi connectivity index (χ0) is 20.8. The van der Waals surface area contributed by atoms with E-state index in [2.05, 4.69) is 10.3 Å². The number of hydrogen-bond donors (Lipinski definition) is 1.